The number of aromatic nitrogens is 2. The average Bonchev–Trinajstić information content (AvgIpc) is 2.60. The van der Waals surface area contributed by atoms with E-state index < -0.39 is 0 Å². The normalized spacial score (nSPS) is 9.74. The summed E-state index contributed by atoms with van der Waals surface area (Å²) in [4.78, 5) is 8.23. The van der Waals surface area contributed by atoms with Crippen molar-refractivity contribution in [3.8, 4) is 11.9 Å². The Balaban J connectivity index is 0.00000192. The van der Waals surface area contributed by atoms with Crippen LogP contribution in [0, 0.1) is 6.07 Å². The summed E-state index contributed by atoms with van der Waals surface area (Å²) in [6.07, 6.45) is 1.51. The molecule has 4 nitrogen and oxygen atoms in total. The third kappa shape index (κ3) is 5.44. The van der Waals surface area contributed by atoms with Gasteiger partial charge in [-0.05, 0) is 11.1 Å². The molecule has 0 radical (unpaired) electrons. The molecule has 0 bridgehead atoms. The Morgan fingerprint density at radius 3 is 1.96 bits per heavy atom. The third-order valence-electron chi connectivity index (χ3n) is 2.99. The summed E-state index contributed by atoms with van der Waals surface area (Å²) < 4.78 is 11.2. The molecule has 2 aromatic carbocycles. The van der Waals surface area contributed by atoms with E-state index in [1.807, 2.05) is 60.7 Å². The van der Waals surface area contributed by atoms with Gasteiger partial charge in [0.1, 0.15) is 13.2 Å². The van der Waals surface area contributed by atoms with Crippen molar-refractivity contribution in [2.24, 2.45) is 0 Å². The van der Waals surface area contributed by atoms with Gasteiger partial charge in [-0.25, -0.2) is 4.98 Å². The monoisotopic (exact) mass is 298 g/mol. The Morgan fingerprint density at radius 2 is 1.35 bits per heavy atom. The molecule has 3 rings (SSSR count). The Hall–Kier alpha value is -2.28. The SMILES string of the molecule is [Li+].[c-]1cnc(OCc2ccccc2)nc1OCc1ccccc1. The molecular formula is C18H15LiN2O2. The van der Waals surface area contributed by atoms with Crippen molar-refractivity contribution in [1.29, 1.82) is 0 Å². The van der Waals surface area contributed by atoms with Gasteiger partial charge in [0.2, 0.25) is 0 Å². The maximum atomic E-state index is 5.60. The molecular weight excluding hydrogens is 283 g/mol. The maximum absolute atomic E-state index is 5.60. The summed E-state index contributed by atoms with van der Waals surface area (Å²) in [5.74, 6) is 0.377. The molecule has 0 saturated heterocycles. The van der Waals surface area contributed by atoms with Gasteiger partial charge in [-0.15, -0.1) is 6.20 Å². The molecule has 1 heterocycles. The van der Waals surface area contributed by atoms with Crippen molar-refractivity contribution in [1.82, 2.24) is 9.97 Å². The maximum Gasteiger partial charge on any atom is 1.00 e. The van der Waals surface area contributed by atoms with Crippen LogP contribution in [0.1, 0.15) is 11.1 Å². The fourth-order valence-corrected chi connectivity index (χ4v) is 1.88. The molecule has 0 N–H and O–H groups in total. The first-order chi connectivity index (χ1) is 10.9. The first-order valence-electron chi connectivity index (χ1n) is 6.98. The van der Waals surface area contributed by atoms with E-state index >= 15 is 0 Å². The van der Waals surface area contributed by atoms with Crippen LogP contribution in [0.3, 0.4) is 0 Å². The largest absolute Gasteiger partial charge is 1.00 e. The van der Waals surface area contributed by atoms with E-state index in [-0.39, 0.29) is 24.9 Å². The van der Waals surface area contributed by atoms with Crippen molar-refractivity contribution in [3.05, 3.63) is 84.1 Å². The van der Waals surface area contributed by atoms with E-state index in [1.165, 1.54) is 6.20 Å². The molecule has 5 heteroatoms. The Labute approximate surface area is 147 Å². The van der Waals surface area contributed by atoms with Crippen LogP contribution >= 0.6 is 0 Å². The standard InChI is InChI=1S/C18H15N2O2.Li/c1-3-7-15(8-4-1)13-21-17-11-12-19-18(20-17)22-14-16-9-5-2-6-10-16;/h1-10,12H,13-14H2;/q-1;+1. The van der Waals surface area contributed by atoms with E-state index in [9.17, 15) is 0 Å². The van der Waals surface area contributed by atoms with Crippen LogP contribution in [0.25, 0.3) is 0 Å². The van der Waals surface area contributed by atoms with Gasteiger partial charge < -0.3 is 15.5 Å². The molecule has 0 aliphatic rings. The van der Waals surface area contributed by atoms with Crippen LogP contribution in [0.2, 0.25) is 0 Å². The fraction of sp³-hybridized carbons (Fsp3) is 0.111. The first kappa shape index (κ1) is 17.1. The second-order valence-corrected chi connectivity index (χ2v) is 4.65. The molecule has 1 aromatic heterocycles. The summed E-state index contributed by atoms with van der Waals surface area (Å²) in [6, 6.07) is 22.9. The smallest absolute Gasteiger partial charge is 0.507 e. The minimum absolute atomic E-state index is 0. The molecule has 110 valence electrons. The predicted octanol–water partition coefficient (Wildman–Crippen LogP) is 0.439. The van der Waals surface area contributed by atoms with Crippen molar-refractivity contribution in [3.63, 3.8) is 0 Å². The van der Waals surface area contributed by atoms with Crippen molar-refractivity contribution >= 4 is 0 Å². The second-order valence-electron chi connectivity index (χ2n) is 4.65. The number of nitrogens with zero attached hydrogens (tertiary/aromatic N) is 2. The van der Waals surface area contributed by atoms with Crippen molar-refractivity contribution < 1.29 is 28.3 Å². The summed E-state index contributed by atoms with van der Waals surface area (Å²) in [5, 5.41) is 0. The van der Waals surface area contributed by atoms with Gasteiger partial charge in [0.15, 0.2) is 0 Å². The van der Waals surface area contributed by atoms with E-state index in [1.54, 1.807) is 0 Å². The van der Waals surface area contributed by atoms with Crippen LogP contribution in [-0.2, 0) is 13.2 Å². The van der Waals surface area contributed by atoms with Crippen LogP contribution < -0.4 is 28.3 Å². The van der Waals surface area contributed by atoms with E-state index in [2.05, 4.69) is 16.0 Å². The zero-order valence-electron chi connectivity index (χ0n) is 13.0. The topological polar surface area (TPSA) is 44.2 Å². The summed E-state index contributed by atoms with van der Waals surface area (Å²) in [5.41, 5.74) is 2.13. The molecule has 0 aliphatic carbocycles. The number of ether oxygens (including phenoxy) is 2. The molecule has 0 saturated carbocycles. The molecule has 0 spiro atoms. The molecule has 3 aromatic rings. The van der Waals surface area contributed by atoms with Gasteiger partial charge in [-0.3, -0.25) is 0 Å². The van der Waals surface area contributed by atoms with Gasteiger partial charge in [0.05, 0.1) is 0 Å². The molecule has 0 amide bonds. The van der Waals surface area contributed by atoms with Gasteiger partial charge in [-0.2, -0.15) is 4.98 Å². The number of benzene rings is 2. The minimum Gasteiger partial charge on any atom is -0.507 e. The Kier molecular flexibility index (Phi) is 6.68. The molecule has 0 fully saturated rings. The zero-order chi connectivity index (χ0) is 15.0. The van der Waals surface area contributed by atoms with Gasteiger partial charge >= 0.3 is 24.9 Å². The molecule has 0 unspecified atom stereocenters. The summed E-state index contributed by atoms with van der Waals surface area (Å²) in [6.45, 7) is 0.857. The third-order valence-corrected chi connectivity index (χ3v) is 2.99. The van der Waals surface area contributed by atoms with Crippen LogP contribution in [0.4, 0.5) is 0 Å². The first-order valence-corrected chi connectivity index (χ1v) is 6.98. The summed E-state index contributed by atoms with van der Waals surface area (Å²) in [7, 11) is 0. The van der Waals surface area contributed by atoms with Crippen LogP contribution in [-0.4, -0.2) is 9.97 Å². The van der Waals surface area contributed by atoms with Gasteiger partial charge in [0, 0.05) is 5.88 Å². The van der Waals surface area contributed by atoms with Gasteiger partial charge in [-0.1, -0.05) is 60.7 Å². The minimum atomic E-state index is 0. The van der Waals surface area contributed by atoms with E-state index in [0.717, 1.165) is 11.1 Å². The predicted molar refractivity (Wildman–Crippen MR) is 82.4 cm³/mol. The van der Waals surface area contributed by atoms with E-state index in [0.29, 0.717) is 19.1 Å². The Morgan fingerprint density at radius 1 is 0.783 bits per heavy atom. The summed E-state index contributed by atoms with van der Waals surface area (Å²) >= 11 is 0. The second kappa shape index (κ2) is 8.99. The van der Waals surface area contributed by atoms with E-state index in [4.69, 9.17) is 9.47 Å². The quantitative estimate of drug-likeness (QED) is 0.489. The number of rotatable bonds is 6. The average molecular weight is 298 g/mol. The molecule has 0 aliphatic heterocycles. The van der Waals surface area contributed by atoms with Crippen LogP contribution in [0.5, 0.6) is 11.9 Å². The van der Waals surface area contributed by atoms with Crippen LogP contribution in [0.15, 0.2) is 66.9 Å². The van der Waals surface area contributed by atoms with Crippen molar-refractivity contribution in [2.45, 2.75) is 13.2 Å². The Bertz CT molecular complexity index is 650. The zero-order valence-corrected chi connectivity index (χ0v) is 13.0. The fourth-order valence-electron chi connectivity index (χ4n) is 1.88. The number of hydrogen-bond acceptors (Lipinski definition) is 4. The molecule has 0 atom stereocenters. The van der Waals surface area contributed by atoms with Gasteiger partial charge in [0.25, 0.3) is 0 Å². The number of hydrogen-bond donors (Lipinski definition) is 0. The molecule has 23 heavy (non-hydrogen) atoms. The van der Waals surface area contributed by atoms with Crippen molar-refractivity contribution in [2.75, 3.05) is 0 Å².